The van der Waals surface area contributed by atoms with Gasteiger partial charge in [-0.15, -0.1) is 10.2 Å². The Labute approximate surface area is 173 Å². The Morgan fingerprint density at radius 3 is 2.69 bits per heavy atom. The second kappa shape index (κ2) is 9.15. The topological polar surface area (TPSA) is 85.4 Å². The Morgan fingerprint density at radius 1 is 1.17 bits per heavy atom. The molecule has 0 aliphatic carbocycles. The van der Waals surface area contributed by atoms with Gasteiger partial charge in [-0.25, -0.2) is 0 Å². The molecule has 1 amide bonds. The van der Waals surface area contributed by atoms with Crippen LogP contribution in [-0.4, -0.2) is 52.7 Å². The van der Waals surface area contributed by atoms with Crippen molar-refractivity contribution in [1.82, 2.24) is 20.1 Å². The molecule has 4 rings (SSSR count). The quantitative estimate of drug-likeness (QED) is 0.596. The van der Waals surface area contributed by atoms with Gasteiger partial charge in [0.05, 0.1) is 37.5 Å². The van der Waals surface area contributed by atoms with Crippen molar-refractivity contribution in [3.05, 3.63) is 54.0 Å². The fourth-order valence-electron chi connectivity index (χ4n) is 3.02. The van der Waals surface area contributed by atoms with Gasteiger partial charge in [0.2, 0.25) is 11.9 Å². The highest BCUT2D eigenvalue weighted by atomic mass is 32.2. The van der Waals surface area contributed by atoms with Gasteiger partial charge >= 0.3 is 0 Å². The molecule has 0 spiro atoms. The van der Waals surface area contributed by atoms with Crippen molar-refractivity contribution in [2.75, 3.05) is 37.0 Å². The maximum atomic E-state index is 12.3. The minimum absolute atomic E-state index is 0.0854. The summed E-state index contributed by atoms with van der Waals surface area (Å²) in [6.07, 6.45) is 1.59. The first-order valence-electron chi connectivity index (χ1n) is 9.48. The van der Waals surface area contributed by atoms with E-state index in [-0.39, 0.29) is 11.7 Å². The molecule has 152 valence electrons. The number of anilines is 1. The predicted octanol–water partition coefficient (Wildman–Crippen LogP) is 2.41. The average Bonchev–Trinajstić information content (AvgIpc) is 3.42. The van der Waals surface area contributed by atoms with Gasteiger partial charge in [0.15, 0.2) is 5.16 Å². The maximum absolute atomic E-state index is 12.3. The molecular weight excluding hydrogens is 390 g/mol. The lowest BCUT2D eigenvalue weighted by atomic mass is 10.2. The zero-order valence-electron chi connectivity index (χ0n) is 16.2. The molecule has 1 N–H and O–H groups in total. The molecule has 0 unspecified atom stereocenters. The fourth-order valence-corrected chi connectivity index (χ4v) is 3.80. The van der Waals surface area contributed by atoms with Crippen LogP contribution in [0.2, 0.25) is 0 Å². The third-order valence-corrected chi connectivity index (χ3v) is 5.50. The molecule has 0 bridgehead atoms. The number of thioether (sulfide) groups is 1. The molecule has 1 aliphatic heterocycles. The summed E-state index contributed by atoms with van der Waals surface area (Å²) in [5, 5.41) is 12.3. The second-order valence-corrected chi connectivity index (χ2v) is 7.64. The van der Waals surface area contributed by atoms with E-state index in [4.69, 9.17) is 9.15 Å². The van der Waals surface area contributed by atoms with E-state index >= 15 is 0 Å². The zero-order valence-corrected chi connectivity index (χ0v) is 17.0. The van der Waals surface area contributed by atoms with Crippen LogP contribution in [0.25, 0.3) is 5.69 Å². The average molecular weight is 414 g/mol. The normalized spacial score (nSPS) is 14.2. The van der Waals surface area contributed by atoms with Crippen LogP contribution in [0.3, 0.4) is 0 Å². The summed E-state index contributed by atoms with van der Waals surface area (Å²) in [7, 11) is 0. The van der Waals surface area contributed by atoms with Crippen molar-refractivity contribution < 1.29 is 13.9 Å². The maximum Gasteiger partial charge on any atom is 0.232 e. The van der Waals surface area contributed by atoms with Crippen LogP contribution in [0.15, 0.2) is 52.2 Å². The van der Waals surface area contributed by atoms with Crippen LogP contribution in [-0.2, 0) is 16.1 Å². The van der Waals surface area contributed by atoms with Gasteiger partial charge in [0.1, 0.15) is 5.76 Å². The van der Waals surface area contributed by atoms with Crippen molar-refractivity contribution in [3.8, 4) is 5.69 Å². The van der Waals surface area contributed by atoms with Gasteiger partial charge in [-0.2, -0.15) is 0 Å². The van der Waals surface area contributed by atoms with Crippen LogP contribution in [0.5, 0.6) is 0 Å². The summed E-state index contributed by atoms with van der Waals surface area (Å²) < 4.78 is 12.7. The van der Waals surface area contributed by atoms with E-state index in [1.54, 1.807) is 12.3 Å². The first-order chi connectivity index (χ1) is 14.2. The van der Waals surface area contributed by atoms with E-state index in [0.29, 0.717) is 24.9 Å². The molecule has 9 heteroatoms. The molecule has 1 aliphatic rings. The Balaban J connectivity index is 1.50. The smallest absolute Gasteiger partial charge is 0.232 e. The predicted molar refractivity (Wildman–Crippen MR) is 110 cm³/mol. The number of amides is 1. The number of nitrogens with zero attached hydrogens (tertiary/aromatic N) is 4. The minimum Gasteiger partial charge on any atom is -0.467 e. The number of furan rings is 1. The van der Waals surface area contributed by atoms with Gasteiger partial charge in [0, 0.05) is 13.1 Å². The first-order valence-corrected chi connectivity index (χ1v) is 10.5. The summed E-state index contributed by atoms with van der Waals surface area (Å²) in [4.78, 5) is 14.4. The number of hydrogen-bond acceptors (Lipinski definition) is 7. The Kier molecular flexibility index (Phi) is 6.16. The Hall–Kier alpha value is -2.78. The van der Waals surface area contributed by atoms with Crippen molar-refractivity contribution in [1.29, 1.82) is 0 Å². The molecule has 3 heterocycles. The SMILES string of the molecule is Cc1ccc(-n2c(SCC(=O)NCc3ccco3)nnc2N2CCOCC2)cc1. The van der Waals surface area contributed by atoms with Crippen molar-refractivity contribution >= 4 is 23.6 Å². The lowest BCUT2D eigenvalue weighted by Crippen LogP contribution is -2.37. The van der Waals surface area contributed by atoms with Gasteiger partial charge in [-0.3, -0.25) is 9.36 Å². The summed E-state index contributed by atoms with van der Waals surface area (Å²) >= 11 is 1.36. The number of hydrogen-bond donors (Lipinski definition) is 1. The van der Waals surface area contributed by atoms with Crippen LogP contribution < -0.4 is 10.2 Å². The second-order valence-electron chi connectivity index (χ2n) is 6.70. The number of ether oxygens (including phenoxy) is 1. The molecule has 3 aromatic rings. The third-order valence-electron chi connectivity index (χ3n) is 4.57. The molecule has 0 saturated carbocycles. The molecule has 0 radical (unpaired) electrons. The largest absolute Gasteiger partial charge is 0.467 e. The zero-order chi connectivity index (χ0) is 20.1. The monoisotopic (exact) mass is 413 g/mol. The van der Waals surface area contributed by atoms with Gasteiger partial charge < -0.3 is 19.4 Å². The standard InChI is InChI=1S/C20H23N5O3S/c1-15-4-6-16(7-5-15)25-19(24-8-11-27-12-9-24)22-23-20(25)29-14-18(26)21-13-17-3-2-10-28-17/h2-7,10H,8-9,11-14H2,1H3,(H,21,26). The highest BCUT2D eigenvalue weighted by Crippen LogP contribution is 2.27. The fraction of sp³-hybridized carbons (Fsp3) is 0.350. The molecule has 0 atom stereocenters. The van der Waals surface area contributed by atoms with Crippen LogP contribution in [0, 0.1) is 6.92 Å². The van der Waals surface area contributed by atoms with Crippen molar-refractivity contribution in [2.45, 2.75) is 18.6 Å². The van der Waals surface area contributed by atoms with Crippen LogP contribution >= 0.6 is 11.8 Å². The number of aromatic nitrogens is 3. The van der Waals surface area contributed by atoms with E-state index in [1.807, 2.05) is 22.8 Å². The number of nitrogens with one attached hydrogen (secondary N) is 1. The summed E-state index contributed by atoms with van der Waals surface area (Å²) in [6.45, 7) is 5.28. The van der Waals surface area contributed by atoms with Crippen LogP contribution in [0.1, 0.15) is 11.3 Å². The highest BCUT2D eigenvalue weighted by Gasteiger charge is 2.22. The molecule has 1 fully saturated rings. The molecule has 29 heavy (non-hydrogen) atoms. The molecule has 1 aromatic carbocycles. The van der Waals surface area contributed by atoms with Gasteiger partial charge in [0.25, 0.3) is 0 Å². The molecule has 1 saturated heterocycles. The van der Waals surface area contributed by atoms with Gasteiger partial charge in [-0.1, -0.05) is 29.5 Å². The lowest BCUT2D eigenvalue weighted by Gasteiger charge is -2.27. The summed E-state index contributed by atoms with van der Waals surface area (Å²) in [6, 6.07) is 11.8. The number of carbonyl (C=O) groups is 1. The van der Waals surface area contributed by atoms with E-state index in [9.17, 15) is 4.79 Å². The number of aryl methyl sites for hydroxylation is 1. The molecule has 2 aromatic heterocycles. The third kappa shape index (κ3) is 4.80. The number of rotatable bonds is 7. The van der Waals surface area contributed by atoms with E-state index in [0.717, 1.165) is 30.5 Å². The van der Waals surface area contributed by atoms with Crippen molar-refractivity contribution in [2.24, 2.45) is 0 Å². The number of benzene rings is 1. The van der Waals surface area contributed by atoms with E-state index < -0.39 is 0 Å². The molecule has 8 nitrogen and oxygen atoms in total. The summed E-state index contributed by atoms with van der Waals surface area (Å²) in [5.41, 5.74) is 2.15. The van der Waals surface area contributed by atoms with E-state index in [1.165, 1.54) is 17.3 Å². The minimum atomic E-state index is -0.0854. The number of morpholine rings is 1. The number of carbonyl (C=O) groups excluding carboxylic acids is 1. The Bertz CT molecular complexity index is 934. The Morgan fingerprint density at radius 2 is 1.97 bits per heavy atom. The lowest BCUT2D eigenvalue weighted by molar-refractivity contribution is -0.118. The molecular formula is C20H23N5O3S. The first kappa shape index (κ1) is 19.5. The van der Waals surface area contributed by atoms with Crippen molar-refractivity contribution in [3.63, 3.8) is 0 Å². The van der Waals surface area contributed by atoms with E-state index in [2.05, 4.69) is 39.5 Å². The summed E-state index contributed by atoms with van der Waals surface area (Å²) in [5.74, 6) is 1.66. The van der Waals surface area contributed by atoms with Gasteiger partial charge in [-0.05, 0) is 31.2 Å². The highest BCUT2D eigenvalue weighted by molar-refractivity contribution is 7.99. The van der Waals surface area contributed by atoms with Crippen LogP contribution in [0.4, 0.5) is 5.95 Å².